The average molecular weight is 350 g/mol. The lowest BCUT2D eigenvalue weighted by Gasteiger charge is -2.33. The van der Waals surface area contributed by atoms with Gasteiger partial charge in [-0.1, -0.05) is 35.9 Å². The minimum absolute atomic E-state index is 0.539. The van der Waals surface area contributed by atoms with Gasteiger partial charge in [-0.05, 0) is 18.9 Å². The number of rotatable bonds is 8. The van der Waals surface area contributed by atoms with Crippen LogP contribution in [0.2, 0.25) is 0 Å². The van der Waals surface area contributed by atoms with E-state index in [0.717, 1.165) is 29.7 Å². The van der Waals surface area contributed by atoms with Gasteiger partial charge in [-0.15, -0.1) is 23.2 Å². The fourth-order valence-corrected chi connectivity index (χ4v) is 2.80. The average Bonchev–Trinajstić information content (AvgIpc) is 2.51. The van der Waals surface area contributed by atoms with Gasteiger partial charge >= 0.3 is 0 Å². The minimum atomic E-state index is -0.831. The van der Waals surface area contributed by atoms with Crippen molar-refractivity contribution in [1.29, 1.82) is 0 Å². The normalized spacial score (nSPS) is 20.8. The van der Waals surface area contributed by atoms with E-state index in [1.807, 2.05) is 30.3 Å². The maximum absolute atomic E-state index is 6.68. The first-order valence-electron chi connectivity index (χ1n) is 7.09. The largest absolute Gasteiger partial charge is 0.493 e. The van der Waals surface area contributed by atoms with Gasteiger partial charge in [0.1, 0.15) is 5.76 Å². The van der Waals surface area contributed by atoms with Crippen LogP contribution in [0.4, 0.5) is 0 Å². The van der Waals surface area contributed by atoms with Crippen molar-refractivity contribution in [3.05, 3.63) is 41.5 Å². The molecule has 1 aromatic rings. The van der Waals surface area contributed by atoms with E-state index in [2.05, 4.69) is 0 Å². The lowest BCUT2D eigenvalue weighted by atomic mass is 9.92. The standard InChI is InChI=1S/C16H19Cl3O2/c17-9-3-11-20-15-7-8-16(19,21-12-4-10-18)14-6-2-1-5-13(14)15/h1-2,5-7H,3-4,8-12H2. The summed E-state index contributed by atoms with van der Waals surface area (Å²) >= 11 is 18.1. The highest BCUT2D eigenvalue weighted by atomic mass is 35.5. The van der Waals surface area contributed by atoms with Crippen LogP contribution in [0, 0.1) is 0 Å². The van der Waals surface area contributed by atoms with Gasteiger partial charge in [0.05, 0.1) is 13.2 Å². The Morgan fingerprint density at radius 3 is 2.52 bits per heavy atom. The van der Waals surface area contributed by atoms with Gasteiger partial charge in [-0.25, -0.2) is 0 Å². The third-order valence-corrected chi connectivity index (χ3v) is 4.29. The summed E-state index contributed by atoms with van der Waals surface area (Å²) in [6.07, 6.45) is 4.16. The molecule has 0 saturated carbocycles. The second kappa shape index (κ2) is 8.28. The molecular weight excluding hydrogens is 331 g/mol. The summed E-state index contributed by atoms with van der Waals surface area (Å²) in [5, 5.41) is -0.831. The number of halogens is 3. The highest BCUT2D eigenvalue weighted by Gasteiger charge is 2.36. The molecule has 0 radical (unpaired) electrons. The SMILES string of the molecule is ClCCCOC1=CCC(Cl)(OCCCCl)c2ccccc21. The van der Waals surface area contributed by atoms with Crippen LogP contribution in [0.3, 0.4) is 0 Å². The molecule has 1 atom stereocenters. The van der Waals surface area contributed by atoms with Crippen molar-refractivity contribution in [2.45, 2.75) is 24.3 Å². The molecule has 1 aromatic carbocycles. The Morgan fingerprint density at radius 2 is 1.76 bits per heavy atom. The van der Waals surface area contributed by atoms with E-state index < -0.39 is 5.06 Å². The summed E-state index contributed by atoms with van der Waals surface area (Å²) < 4.78 is 11.7. The summed E-state index contributed by atoms with van der Waals surface area (Å²) in [5.41, 5.74) is 1.93. The molecule has 0 bridgehead atoms. The Labute approximate surface area is 141 Å². The quantitative estimate of drug-likeness (QED) is 0.479. The van der Waals surface area contributed by atoms with Crippen molar-refractivity contribution in [3.63, 3.8) is 0 Å². The van der Waals surface area contributed by atoms with Gasteiger partial charge in [0, 0.05) is 29.3 Å². The van der Waals surface area contributed by atoms with Crippen molar-refractivity contribution in [3.8, 4) is 0 Å². The topological polar surface area (TPSA) is 18.5 Å². The molecule has 1 aliphatic carbocycles. The van der Waals surface area contributed by atoms with Crippen LogP contribution >= 0.6 is 34.8 Å². The zero-order chi connectivity index (χ0) is 15.1. The molecule has 0 aromatic heterocycles. The Hall–Kier alpha value is -0.410. The van der Waals surface area contributed by atoms with Gasteiger partial charge < -0.3 is 9.47 Å². The Balaban J connectivity index is 2.16. The Bertz CT molecular complexity index is 490. The molecule has 1 aliphatic rings. The van der Waals surface area contributed by atoms with Crippen LogP contribution in [0.5, 0.6) is 0 Å². The summed E-state index contributed by atoms with van der Waals surface area (Å²) in [6, 6.07) is 7.92. The summed E-state index contributed by atoms with van der Waals surface area (Å²) in [6.45, 7) is 1.14. The van der Waals surface area contributed by atoms with Crippen molar-refractivity contribution in [2.75, 3.05) is 25.0 Å². The Morgan fingerprint density at radius 1 is 1.05 bits per heavy atom. The number of benzene rings is 1. The van der Waals surface area contributed by atoms with Crippen molar-refractivity contribution in [1.82, 2.24) is 0 Å². The maximum Gasteiger partial charge on any atom is 0.171 e. The van der Waals surface area contributed by atoms with Gasteiger partial charge in [0.2, 0.25) is 0 Å². The molecular formula is C16H19Cl3O2. The molecule has 2 rings (SSSR count). The molecule has 5 heteroatoms. The smallest absolute Gasteiger partial charge is 0.171 e. The van der Waals surface area contributed by atoms with Crippen molar-refractivity contribution in [2.24, 2.45) is 0 Å². The first kappa shape index (κ1) is 17.0. The fraction of sp³-hybridized carbons (Fsp3) is 0.500. The first-order chi connectivity index (χ1) is 10.2. The predicted octanol–water partition coefficient (Wildman–Crippen LogP) is 5.11. The monoisotopic (exact) mass is 348 g/mol. The van der Waals surface area contributed by atoms with E-state index in [1.54, 1.807) is 0 Å². The molecule has 0 heterocycles. The molecule has 0 spiro atoms. The molecule has 0 aliphatic heterocycles. The zero-order valence-electron chi connectivity index (χ0n) is 11.8. The number of hydrogen-bond donors (Lipinski definition) is 0. The summed E-state index contributed by atoms with van der Waals surface area (Å²) in [5.74, 6) is 2.01. The van der Waals surface area contributed by atoms with Crippen LogP contribution < -0.4 is 0 Å². The molecule has 0 fully saturated rings. The fourth-order valence-electron chi connectivity index (χ4n) is 2.27. The van der Waals surface area contributed by atoms with E-state index in [1.165, 1.54) is 0 Å². The van der Waals surface area contributed by atoms with E-state index in [0.29, 0.717) is 31.4 Å². The van der Waals surface area contributed by atoms with Crippen LogP contribution in [-0.4, -0.2) is 25.0 Å². The van der Waals surface area contributed by atoms with Gasteiger partial charge in [0.15, 0.2) is 5.06 Å². The lowest BCUT2D eigenvalue weighted by molar-refractivity contribution is 0.0168. The Kier molecular flexibility index (Phi) is 6.69. The second-order valence-corrected chi connectivity index (χ2v) is 6.20. The van der Waals surface area contributed by atoms with Crippen molar-refractivity contribution >= 4 is 40.6 Å². The van der Waals surface area contributed by atoms with Gasteiger partial charge in [-0.2, -0.15) is 0 Å². The lowest BCUT2D eigenvalue weighted by Crippen LogP contribution is -2.27. The molecule has 0 amide bonds. The summed E-state index contributed by atoms with van der Waals surface area (Å²) in [7, 11) is 0. The third-order valence-electron chi connectivity index (χ3n) is 3.29. The molecule has 0 N–H and O–H groups in total. The molecule has 116 valence electrons. The highest BCUT2D eigenvalue weighted by molar-refractivity contribution is 6.23. The second-order valence-electron chi connectivity index (χ2n) is 4.83. The number of fused-ring (bicyclic) bond motifs is 1. The van der Waals surface area contributed by atoms with Crippen LogP contribution in [0.1, 0.15) is 30.4 Å². The summed E-state index contributed by atoms with van der Waals surface area (Å²) in [4.78, 5) is 0. The van der Waals surface area contributed by atoms with Crippen molar-refractivity contribution < 1.29 is 9.47 Å². The van der Waals surface area contributed by atoms with Crippen LogP contribution in [-0.2, 0) is 14.5 Å². The molecule has 21 heavy (non-hydrogen) atoms. The van der Waals surface area contributed by atoms with Crippen LogP contribution in [0.25, 0.3) is 5.76 Å². The number of alkyl halides is 3. The first-order valence-corrected chi connectivity index (χ1v) is 8.53. The molecule has 0 saturated heterocycles. The molecule has 1 unspecified atom stereocenters. The van der Waals surface area contributed by atoms with Crippen LogP contribution in [0.15, 0.2) is 30.3 Å². The predicted molar refractivity (Wildman–Crippen MR) is 89.1 cm³/mol. The van der Waals surface area contributed by atoms with E-state index in [4.69, 9.17) is 44.3 Å². The maximum atomic E-state index is 6.68. The molecule has 2 nitrogen and oxygen atoms in total. The highest BCUT2D eigenvalue weighted by Crippen LogP contribution is 2.43. The van der Waals surface area contributed by atoms with E-state index in [-0.39, 0.29) is 0 Å². The van der Waals surface area contributed by atoms with Gasteiger partial charge in [-0.3, -0.25) is 0 Å². The number of hydrogen-bond acceptors (Lipinski definition) is 2. The van der Waals surface area contributed by atoms with E-state index in [9.17, 15) is 0 Å². The number of ether oxygens (including phenoxy) is 2. The van der Waals surface area contributed by atoms with E-state index >= 15 is 0 Å². The zero-order valence-corrected chi connectivity index (χ0v) is 14.1. The van der Waals surface area contributed by atoms with Gasteiger partial charge in [0.25, 0.3) is 0 Å². The minimum Gasteiger partial charge on any atom is -0.493 e. The third kappa shape index (κ3) is 4.29.